The summed E-state index contributed by atoms with van der Waals surface area (Å²) in [5, 5.41) is 0. The monoisotopic (exact) mass is 336 g/mol. The van der Waals surface area contributed by atoms with E-state index in [1.807, 2.05) is 6.07 Å². The van der Waals surface area contributed by atoms with E-state index in [4.69, 9.17) is 11.6 Å². The first kappa shape index (κ1) is 11.1. The number of anilines is 1. The first-order chi connectivity index (χ1) is 7.22. The third kappa shape index (κ3) is 2.25. The second-order valence-electron chi connectivity index (χ2n) is 3.56. The van der Waals surface area contributed by atoms with Crippen molar-refractivity contribution < 1.29 is 4.79 Å². The molecule has 1 aliphatic heterocycles. The Morgan fingerprint density at radius 3 is 3.07 bits per heavy atom. The summed E-state index contributed by atoms with van der Waals surface area (Å²) >= 11 is 7.98. The summed E-state index contributed by atoms with van der Waals surface area (Å²) in [6.07, 6.45) is 4.01. The van der Waals surface area contributed by atoms with Crippen molar-refractivity contribution >= 4 is 45.8 Å². The fourth-order valence-corrected chi connectivity index (χ4v) is 2.48. The van der Waals surface area contributed by atoms with E-state index in [1.54, 1.807) is 17.3 Å². The number of rotatable bonds is 2. The first-order valence-corrected chi connectivity index (χ1v) is 6.29. The van der Waals surface area contributed by atoms with Crippen LogP contribution in [0, 0.1) is 9.49 Å². The smallest absolute Gasteiger partial charge is 0.227 e. The number of carbonyl (C=O) groups excluding carboxylic acids is 1. The second-order valence-corrected chi connectivity index (χ2v) is 5.03. The van der Waals surface area contributed by atoms with Gasteiger partial charge < -0.3 is 4.90 Å². The lowest BCUT2D eigenvalue weighted by atomic mass is 10.1. The van der Waals surface area contributed by atoms with Gasteiger partial charge in [-0.05, 0) is 34.6 Å². The van der Waals surface area contributed by atoms with Gasteiger partial charge in [-0.3, -0.25) is 9.78 Å². The highest BCUT2D eigenvalue weighted by atomic mass is 127. The topological polar surface area (TPSA) is 33.2 Å². The van der Waals surface area contributed by atoms with Gasteiger partial charge in [0.25, 0.3) is 0 Å². The van der Waals surface area contributed by atoms with E-state index < -0.39 is 0 Å². The molecule has 0 spiro atoms. The minimum atomic E-state index is 0.145. The maximum absolute atomic E-state index is 11.7. The largest absolute Gasteiger partial charge is 0.310 e. The van der Waals surface area contributed by atoms with Gasteiger partial charge in [0, 0.05) is 28.6 Å². The van der Waals surface area contributed by atoms with Crippen molar-refractivity contribution in [3.05, 3.63) is 22.0 Å². The number of hydrogen-bond acceptors (Lipinski definition) is 2. The van der Waals surface area contributed by atoms with E-state index in [0.29, 0.717) is 18.8 Å². The van der Waals surface area contributed by atoms with Crippen molar-refractivity contribution in [1.29, 1.82) is 0 Å². The van der Waals surface area contributed by atoms with Gasteiger partial charge in [-0.1, -0.05) is 0 Å². The highest BCUT2D eigenvalue weighted by molar-refractivity contribution is 14.1. The van der Waals surface area contributed by atoms with E-state index in [-0.39, 0.29) is 11.8 Å². The molecule has 5 heteroatoms. The summed E-state index contributed by atoms with van der Waals surface area (Å²) < 4.78 is 1.05. The minimum Gasteiger partial charge on any atom is -0.310 e. The zero-order chi connectivity index (χ0) is 10.8. The zero-order valence-electron chi connectivity index (χ0n) is 7.99. The summed E-state index contributed by atoms with van der Waals surface area (Å²) in [4.78, 5) is 17.6. The molecule has 1 aliphatic rings. The molecule has 1 fully saturated rings. The van der Waals surface area contributed by atoms with E-state index >= 15 is 0 Å². The Morgan fingerprint density at radius 1 is 1.67 bits per heavy atom. The van der Waals surface area contributed by atoms with Crippen molar-refractivity contribution in [2.24, 2.45) is 5.92 Å². The SMILES string of the molecule is O=C1CC(CCl)CN1c1cnccc1I. The van der Waals surface area contributed by atoms with Crippen molar-refractivity contribution in [3.8, 4) is 0 Å². The van der Waals surface area contributed by atoms with Crippen LogP contribution in [0.15, 0.2) is 18.5 Å². The Labute approximate surface area is 107 Å². The molecule has 0 aliphatic carbocycles. The Kier molecular flexibility index (Phi) is 3.45. The quantitative estimate of drug-likeness (QED) is 0.613. The Bertz CT molecular complexity index is 385. The van der Waals surface area contributed by atoms with E-state index in [1.165, 1.54) is 0 Å². The highest BCUT2D eigenvalue weighted by Crippen LogP contribution is 2.28. The molecule has 15 heavy (non-hydrogen) atoms. The van der Waals surface area contributed by atoms with Gasteiger partial charge in [0.1, 0.15) is 0 Å². The predicted molar refractivity (Wildman–Crippen MR) is 68.1 cm³/mol. The van der Waals surface area contributed by atoms with E-state index in [2.05, 4.69) is 27.6 Å². The molecule has 0 bridgehead atoms. The summed E-state index contributed by atoms with van der Waals surface area (Å²) in [5.74, 6) is 0.959. The molecule has 0 aromatic carbocycles. The highest BCUT2D eigenvalue weighted by Gasteiger charge is 2.30. The Morgan fingerprint density at radius 2 is 2.47 bits per heavy atom. The molecule has 1 saturated heterocycles. The number of hydrogen-bond donors (Lipinski definition) is 0. The number of alkyl halides is 1. The van der Waals surface area contributed by atoms with E-state index in [0.717, 1.165) is 9.26 Å². The van der Waals surface area contributed by atoms with Gasteiger partial charge >= 0.3 is 0 Å². The molecule has 1 atom stereocenters. The Balaban J connectivity index is 2.25. The van der Waals surface area contributed by atoms with Crippen LogP contribution >= 0.6 is 34.2 Å². The Hall–Kier alpha value is -0.360. The van der Waals surface area contributed by atoms with Crippen LogP contribution in [0.25, 0.3) is 0 Å². The molecule has 0 radical (unpaired) electrons. The van der Waals surface area contributed by atoms with Crippen molar-refractivity contribution in [3.63, 3.8) is 0 Å². The average Bonchev–Trinajstić information content (AvgIpc) is 2.60. The fraction of sp³-hybridized carbons (Fsp3) is 0.400. The van der Waals surface area contributed by atoms with Crippen LogP contribution in [-0.4, -0.2) is 23.3 Å². The molecule has 1 aromatic heterocycles. The van der Waals surface area contributed by atoms with Crippen molar-refractivity contribution in [2.75, 3.05) is 17.3 Å². The summed E-state index contributed by atoms with van der Waals surface area (Å²) in [5.41, 5.74) is 0.899. The van der Waals surface area contributed by atoms with Gasteiger partial charge in [-0.15, -0.1) is 11.6 Å². The second kappa shape index (κ2) is 4.65. The third-order valence-electron chi connectivity index (χ3n) is 2.46. The van der Waals surface area contributed by atoms with Crippen LogP contribution in [-0.2, 0) is 4.79 Å². The van der Waals surface area contributed by atoms with Gasteiger partial charge in [0.2, 0.25) is 5.91 Å². The minimum absolute atomic E-state index is 0.145. The molecule has 2 heterocycles. The van der Waals surface area contributed by atoms with Crippen LogP contribution in [0.3, 0.4) is 0 Å². The van der Waals surface area contributed by atoms with Crippen LogP contribution in [0.1, 0.15) is 6.42 Å². The predicted octanol–water partition coefficient (Wildman–Crippen LogP) is 2.28. The molecule has 0 N–H and O–H groups in total. The molecular formula is C10H10ClIN2O. The first-order valence-electron chi connectivity index (χ1n) is 4.68. The number of carbonyl (C=O) groups is 1. The molecule has 1 unspecified atom stereocenters. The molecule has 0 saturated carbocycles. The maximum Gasteiger partial charge on any atom is 0.227 e. The molecule has 2 rings (SSSR count). The lowest BCUT2D eigenvalue weighted by Crippen LogP contribution is -2.25. The van der Waals surface area contributed by atoms with Crippen LogP contribution in [0.4, 0.5) is 5.69 Å². The molecule has 3 nitrogen and oxygen atoms in total. The van der Waals surface area contributed by atoms with Gasteiger partial charge in [0.15, 0.2) is 0 Å². The van der Waals surface area contributed by atoms with Gasteiger partial charge in [0.05, 0.1) is 11.9 Å². The molecule has 1 aromatic rings. The standard InChI is InChI=1S/C10H10ClIN2O/c11-4-7-3-10(15)14(6-7)9-5-13-2-1-8(9)12/h1-2,5,7H,3-4,6H2. The van der Waals surface area contributed by atoms with Crippen molar-refractivity contribution in [2.45, 2.75) is 6.42 Å². The van der Waals surface area contributed by atoms with Crippen LogP contribution in [0.2, 0.25) is 0 Å². The number of amides is 1. The van der Waals surface area contributed by atoms with Crippen LogP contribution < -0.4 is 4.90 Å². The fourth-order valence-electron chi connectivity index (χ4n) is 1.69. The molecule has 80 valence electrons. The van der Waals surface area contributed by atoms with Crippen molar-refractivity contribution in [1.82, 2.24) is 4.98 Å². The van der Waals surface area contributed by atoms with Gasteiger partial charge in [-0.25, -0.2) is 0 Å². The number of aromatic nitrogens is 1. The zero-order valence-corrected chi connectivity index (χ0v) is 10.9. The summed E-state index contributed by atoms with van der Waals surface area (Å²) in [7, 11) is 0. The third-order valence-corrected chi connectivity index (χ3v) is 3.81. The molecular weight excluding hydrogens is 326 g/mol. The average molecular weight is 337 g/mol. The maximum atomic E-state index is 11.7. The molecule has 1 amide bonds. The lowest BCUT2D eigenvalue weighted by Gasteiger charge is -2.17. The number of nitrogens with zero attached hydrogens (tertiary/aromatic N) is 2. The lowest BCUT2D eigenvalue weighted by molar-refractivity contribution is -0.117. The van der Waals surface area contributed by atoms with Crippen LogP contribution in [0.5, 0.6) is 0 Å². The number of pyridine rings is 1. The normalized spacial score (nSPS) is 21.1. The van der Waals surface area contributed by atoms with Gasteiger partial charge in [-0.2, -0.15) is 0 Å². The van der Waals surface area contributed by atoms with E-state index in [9.17, 15) is 4.79 Å². The summed E-state index contributed by atoms with van der Waals surface area (Å²) in [6, 6.07) is 1.90. The summed E-state index contributed by atoms with van der Waals surface area (Å²) in [6.45, 7) is 0.712. The number of halogens is 2.